The molecule has 1 heterocycles. The molecule has 1 aromatic carbocycles. The largest absolute Gasteiger partial charge is 0.358 e. The van der Waals surface area contributed by atoms with Gasteiger partial charge in [0, 0.05) is 22.3 Å². The molecule has 0 spiro atoms. The number of thiocarbonyl (C=S) groups is 1. The molecule has 0 unspecified atom stereocenters. The smallest absolute Gasteiger partial charge is 0.325 e. The van der Waals surface area contributed by atoms with Crippen molar-refractivity contribution in [2.24, 2.45) is 0 Å². The maximum absolute atomic E-state index is 11.8. The first kappa shape index (κ1) is 18.5. The Morgan fingerprint density at radius 3 is 2.48 bits per heavy atom. The number of piperidine rings is 1. The van der Waals surface area contributed by atoms with Gasteiger partial charge in [-0.05, 0) is 66.1 Å². The van der Waals surface area contributed by atoms with Gasteiger partial charge in [0.2, 0.25) is 5.91 Å². The number of amides is 3. The normalized spacial score (nSPS) is 14.2. The van der Waals surface area contributed by atoms with Gasteiger partial charge >= 0.3 is 6.03 Å². The highest BCUT2D eigenvalue weighted by Gasteiger charge is 2.15. The second-order valence-corrected chi connectivity index (χ2v) is 7.97. The number of likely N-dealkylation sites (tertiary alicyclic amines) is 1. The maximum atomic E-state index is 11.8. The van der Waals surface area contributed by atoms with E-state index in [-0.39, 0.29) is 11.7 Å². The van der Waals surface area contributed by atoms with Crippen LogP contribution in [0.3, 0.4) is 0 Å². The first-order chi connectivity index (χ1) is 11.0. The molecule has 8 heteroatoms. The molecule has 1 aliphatic rings. The van der Waals surface area contributed by atoms with Gasteiger partial charge < -0.3 is 10.2 Å². The SMILES string of the molecule is O=C(CSC(=S)N1CCCCC1)NC(=O)Nc1ccc(I)cc1. The number of halogens is 1. The average molecular weight is 463 g/mol. The van der Waals surface area contributed by atoms with Crippen LogP contribution in [-0.4, -0.2) is 40.0 Å². The number of carbonyl (C=O) groups excluding carboxylic acids is 2. The second-order valence-electron chi connectivity index (χ2n) is 5.11. The molecule has 0 radical (unpaired) electrons. The van der Waals surface area contributed by atoms with Crippen molar-refractivity contribution in [2.75, 3.05) is 24.2 Å². The Hall–Kier alpha value is -0.870. The molecule has 0 atom stereocenters. The monoisotopic (exact) mass is 463 g/mol. The molecular formula is C15H18IN3O2S2. The van der Waals surface area contributed by atoms with Crippen LogP contribution in [0.5, 0.6) is 0 Å². The molecule has 1 aliphatic heterocycles. The molecule has 0 saturated carbocycles. The number of rotatable bonds is 3. The van der Waals surface area contributed by atoms with Crippen LogP contribution in [0.4, 0.5) is 10.5 Å². The Morgan fingerprint density at radius 2 is 1.83 bits per heavy atom. The summed E-state index contributed by atoms with van der Waals surface area (Å²) >= 11 is 8.82. The van der Waals surface area contributed by atoms with Crippen LogP contribution >= 0.6 is 46.6 Å². The van der Waals surface area contributed by atoms with Gasteiger partial charge in [-0.2, -0.15) is 0 Å². The Morgan fingerprint density at radius 1 is 1.17 bits per heavy atom. The third-order valence-corrected chi connectivity index (χ3v) is 5.54. The summed E-state index contributed by atoms with van der Waals surface area (Å²) in [6.45, 7) is 1.92. The number of hydrogen-bond acceptors (Lipinski definition) is 4. The molecular weight excluding hydrogens is 445 g/mol. The fourth-order valence-corrected chi connectivity index (χ4v) is 3.56. The van der Waals surface area contributed by atoms with E-state index in [0.717, 1.165) is 33.8 Å². The number of carbonyl (C=O) groups is 2. The lowest BCUT2D eigenvalue weighted by atomic mass is 10.1. The van der Waals surface area contributed by atoms with Crippen LogP contribution in [0.15, 0.2) is 24.3 Å². The highest BCUT2D eigenvalue weighted by atomic mass is 127. The zero-order valence-corrected chi connectivity index (χ0v) is 16.3. The molecule has 2 rings (SSSR count). The molecule has 124 valence electrons. The summed E-state index contributed by atoms with van der Waals surface area (Å²) in [6.07, 6.45) is 3.53. The lowest BCUT2D eigenvalue weighted by Crippen LogP contribution is -2.37. The number of hydrogen-bond donors (Lipinski definition) is 2. The summed E-state index contributed by atoms with van der Waals surface area (Å²) in [5, 5.41) is 4.94. The standard InChI is InChI=1S/C15H18IN3O2S2/c16-11-4-6-12(7-5-11)17-14(21)18-13(20)10-23-15(22)19-8-2-1-3-9-19/h4-7H,1-3,8-10H2,(H2,17,18,20,21). The van der Waals surface area contributed by atoms with Crippen molar-refractivity contribution in [3.63, 3.8) is 0 Å². The number of thioether (sulfide) groups is 1. The van der Waals surface area contributed by atoms with Crippen molar-refractivity contribution >= 4 is 68.5 Å². The van der Waals surface area contributed by atoms with Crippen LogP contribution in [-0.2, 0) is 4.79 Å². The quantitative estimate of drug-likeness (QED) is 0.532. The van der Waals surface area contributed by atoms with E-state index in [1.54, 1.807) is 12.1 Å². The number of imide groups is 1. The molecule has 1 saturated heterocycles. The average Bonchev–Trinajstić information content (AvgIpc) is 2.55. The number of nitrogens with one attached hydrogen (secondary N) is 2. The minimum Gasteiger partial charge on any atom is -0.358 e. The molecule has 0 bridgehead atoms. The van der Waals surface area contributed by atoms with Crippen LogP contribution in [0.2, 0.25) is 0 Å². The van der Waals surface area contributed by atoms with E-state index in [9.17, 15) is 9.59 Å². The third kappa shape index (κ3) is 6.64. The lowest BCUT2D eigenvalue weighted by Gasteiger charge is -2.28. The number of nitrogens with zero attached hydrogens (tertiary/aromatic N) is 1. The van der Waals surface area contributed by atoms with E-state index >= 15 is 0 Å². The Labute approximate surface area is 159 Å². The zero-order valence-electron chi connectivity index (χ0n) is 12.5. The summed E-state index contributed by atoms with van der Waals surface area (Å²) in [7, 11) is 0. The van der Waals surface area contributed by atoms with Crippen molar-refractivity contribution in [3.05, 3.63) is 27.8 Å². The van der Waals surface area contributed by atoms with E-state index < -0.39 is 6.03 Å². The van der Waals surface area contributed by atoms with Gasteiger partial charge in [-0.3, -0.25) is 10.1 Å². The molecule has 0 aromatic heterocycles. The van der Waals surface area contributed by atoms with Gasteiger partial charge in [0.15, 0.2) is 0 Å². The second kappa shape index (κ2) is 9.43. The van der Waals surface area contributed by atoms with E-state index in [0.29, 0.717) is 5.69 Å². The van der Waals surface area contributed by atoms with Crippen LogP contribution in [0, 0.1) is 3.57 Å². The van der Waals surface area contributed by atoms with Gasteiger partial charge in [0.05, 0.1) is 5.75 Å². The van der Waals surface area contributed by atoms with Crippen molar-refractivity contribution in [2.45, 2.75) is 19.3 Å². The minimum absolute atomic E-state index is 0.148. The van der Waals surface area contributed by atoms with Crippen LogP contribution < -0.4 is 10.6 Å². The van der Waals surface area contributed by atoms with E-state index in [2.05, 4.69) is 38.1 Å². The molecule has 0 aliphatic carbocycles. The van der Waals surface area contributed by atoms with Gasteiger partial charge in [0.25, 0.3) is 0 Å². The summed E-state index contributed by atoms with van der Waals surface area (Å²) in [6, 6.07) is 6.80. The Kier molecular flexibility index (Phi) is 7.57. The summed E-state index contributed by atoms with van der Waals surface area (Å²) in [5.74, 6) is -0.201. The van der Waals surface area contributed by atoms with Crippen LogP contribution in [0.1, 0.15) is 19.3 Å². The topological polar surface area (TPSA) is 61.4 Å². The van der Waals surface area contributed by atoms with E-state index in [1.807, 2.05) is 12.1 Å². The fourth-order valence-electron chi connectivity index (χ4n) is 2.15. The molecule has 3 amide bonds. The van der Waals surface area contributed by atoms with Crippen molar-refractivity contribution in [1.82, 2.24) is 10.2 Å². The predicted octanol–water partition coefficient (Wildman–Crippen LogP) is 3.44. The van der Waals surface area contributed by atoms with Gasteiger partial charge in [-0.15, -0.1) is 0 Å². The molecule has 1 aromatic rings. The summed E-state index contributed by atoms with van der Waals surface area (Å²) < 4.78 is 1.81. The summed E-state index contributed by atoms with van der Waals surface area (Å²) in [4.78, 5) is 25.7. The van der Waals surface area contributed by atoms with E-state index in [4.69, 9.17) is 12.2 Å². The number of anilines is 1. The lowest BCUT2D eigenvalue weighted by molar-refractivity contribution is -0.117. The predicted molar refractivity (Wildman–Crippen MR) is 107 cm³/mol. The minimum atomic E-state index is -0.527. The maximum Gasteiger partial charge on any atom is 0.325 e. The van der Waals surface area contributed by atoms with Gasteiger partial charge in [0.1, 0.15) is 4.32 Å². The molecule has 2 N–H and O–H groups in total. The summed E-state index contributed by atoms with van der Waals surface area (Å²) in [5.41, 5.74) is 0.646. The van der Waals surface area contributed by atoms with Crippen molar-refractivity contribution in [3.8, 4) is 0 Å². The zero-order chi connectivity index (χ0) is 16.7. The van der Waals surface area contributed by atoms with E-state index in [1.165, 1.54) is 18.2 Å². The highest BCUT2D eigenvalue weighted by molar-refractivity contribution is 14.1. The molecule has 5 nitrogen and oxygen atoms in total. The first-order valence-corrected chi connectivity index (χ1v) is 9.80. The highest BCUT2D eigenvalue weighted by Crippen LogP contribution is 2.16. The molecule has 23 heavy (non-hydrogen) atoms. The molecule has 1 fully saturated rings. The van der Waals surface area contributed by atoms with Gasteiger partial charge in [-0.25, -0.2) is 4.79 Å². The van der Waals surface area contributed by atoms with Crippen molar-refractivity contribution in [1.29, 1.82) is 0 Å². The number of benzene rings is 1. The fraction of sp³-hybridized carbons (Fsp3) is 0.400. The Balaban J connectivity index is 1.70. The third-order valence-electron chi connectivity index (χ3n) is 3.30. The number of urea groups is 1. The first-order valence-electron chi connectivity index (χ1n) is 7.33. The van der Waals surface area contributed by atoms with Gasteiger partial charge in [-0.1, -0.05) is 24.0 Å². The Bertz CT molecular complexity index is 575. The van der Waals surface area contributed by atoms with Crippen molar-refractivity contribution < 1.29 is 9.59 Å². The van der Waals surface area contributed by atoms with Crippen LogP contribution in [0.25, 0.3) is 0 Å².